The zero-order valence-electron chi connectivity index (χ0n) is 12.8. The molecule has 0 heterocycles. The summed E-state index contributed by atoms with van der Waals surface area (Å²) in [6.45, 7) is 9.95. The third-order valence-electron chi connectivity index (χ3n) is 3.56. The van der Waals surface area contributed by atoms with Gasteiger partial charge in [0.25, 0.3) is 0 Å². The second-order valence-corrected chi connectivity index (χ2v) is 5.16. The number of ether oxygens (including phenoxy) is 2. The van der Waals surface area contributed by atoms with E-state index in [9.17, 15) is 0 Å². The van der Waals surface area contributed by atoms with Gasteiger partial charge in [0.2, 0.25) is 0 Å². The van der Waals surface area contributed by atoms with E-state index in [1.54, 1.807) is 7.11 Å². The summed E-state index contributed by atoms with van der Waals surface area (Å²) in [6, 6.07) is 6.70. The largest absolute Gasteiger partial charge is 0.489 e. The molecular formula is C16H27NO2. The highest BCUT2D eigenvalue weighted by atomic mass is 16.5. The Bertz CT molecular complexity index is 379. The Kier molecular flexibility index (Phi) is 6.71. The van der Waals surface area contributed by atoms with Crippen molar-refractivity contribution in [3.05, 3.63) is 23.8 Å². The maximum absolute atomic E-state index is 5.79. The molecule has 1 aromatic carbocycles. The zero-order chi connectivity index (χ0) is 14.3. The first-order chi connectivity index (χ1) is 9.08. The third kappa shape index (κ3) is 5.11. The lowest BCUT2D eigenvalue weighted by Gasteiger charge is -2.23. The van der Waals surface area contributed by atoms with Crippen LogP contribution in [0.3, 0.4) is 0 Å². The van der Waals surface area contributed by atoms with Crippen molar-refractivity contribution >= 4 is 5.69 Å². The first-order valence-electron chi connectivity index (χ1n) is 7.07. The predicted octanol–water partition coefficient (Wildman–Crippen LogP) is 3.87. The minimum atomic E-state index is 0.428. The number of aryl methyl sites for hydroxylation is 1. The maximum Gasteiger partial charge on any atom is 0.142 e. The van der Waals surface area contributed by atoms with Crippen molar-refractivity contribution in [2.75, 3.05) is 25.6 Å². The SMILES string of the molecule is CCC(C)C(C)Nc1ccc(C)cc1OCCOC. The highest BCUT2D eigenvalue weighted by molar-refractivity contribution is 5.58. The van der Waals surface area contributed by atoms with Gasteiger partial charge in [-0.05, 0) is 37.5 Å². The van der Waals surface area contributed by atoms with E-state index in [4.69, 9.17) is 9.47 Å². The Morgan fingerprint density at radius 1 is 1.21 bits per heavy atom. The summed E-state index contributed by atoms with van der Waals surface area (Å²) in [5.41, 5.74) is 2.27. The molecule has 2 unspecified atom stereocenters. The predicted molar refractivity (Wildman–Crippen MR) is 81.1 cm³/mol. The van der Waals surface area contributed by atoms with Gasteiger partial charge < -0.3 is 14.8 Å². The lowest BCUT2D eigenvalue weighted by atomic mass is 10.0. The van der Waals surface area contributed by atoms with E-state index in [2.05, 4.69) is 51.2 Å². The molecule has 19 heavy (non-hydrogen) atoms. The van der Waals surface area contributed by atoms with Crippen molar-refractivity contribution < 1.29 is 9.47 Å². The molecule has 3 heteroatoms. The van der Waals surface area contributed by atoms with Crippen LogP contribution in [0.5, 0.6) is 5.75 Å². The molecule has 0 fully saturated rings. The summed E-state index contributed by atoms with van der Waals surface area (Å²) >= 11 is 0. The summed E-state index contributed by atoms with van der Waals surface area (Å²) in [5.74, 6) is 1.54. The van der Waals surface area contributed by atoms with Crippen molar-refractivity contribution in [2.24, 2.45) is 5.92 Å². The Morgan fingerprint density at radius 2 is 1.95 bits per heavy atom. The van der Waals surface area contributed by atoms with Crippen molar-refractivity contribution in [2.45, 2.75) is 40.2 Å². The summed E-state index contributed by atoms with van der Waals surface area (Å²) in [5, 5.41) is 3.55. The number of methoxy groups -OCH3 is 1. The van der Waals surface area contributed by atoms with Gasteiger partial charge in [0.15, 0.2) is 0 Å². The van der Waals surface area contributed by atoms with Crippen LogP contribution in [0.4, 0.5) is 5.69 Å². The van der Waals surface area contributed by atoms with Crippen molar-refractivity contribution in [1.82, 2.24) is 0 Å². The first-order valence-corrected chi connectivity index (χ1v) is 7.07. The molecule has 1 N–H and O–H groups in total. The molecule has 0 aliphatic heterocycles. The van der Waals surface area contributed by atoms with Crippen LogP contribution in [0.25, 0.3) is 0 Å². The summed E-state index contributed by atoms with van der Waals surface area (Å²) < 4.78 is 10.8. The molecule has 3 nitrogen and oxygen atoms in total. The van der Waals surface area contributed by atoms with Gasteiger partial charge in [0.1, 0.15) is 12.4 Å². The molecule has 1 aromatic rings. The standard InChI is InChI=1S/C16H27NO2/c1-6-13(3)14(4)17-15-8-7-12(2)11-16(15)19-10-9-18-5/h7-8,11,13-14,17H,6,9-10H2,1-5H3. The molecule has 2 atom stereocenters. The van der Waals surface area contributed by atoms with Crippen LogP contribution >= 0.6 is 0 Å². The Morgan fingerprint density at radius 3 is 2.58 bits per heavy atom. The average Bonchev–Trinajstić information content (AvgIpc) is 2.40. The summed E-state index contributed by atoms with van der Waals surface area (Å²) in [6.07, 6.45) is 1.17. The molecule has 0 aromatic heterocycles. The first kappa shape index (κ1) is 15.8. The number of rotatable bonds is 8. The molecule has 0 saturated heterocycles. The molecular weight excluding hydrogens is 238 g/mol. The van der Waals surface area contributed by atoms with Crippen molar-refractivity contribution in [1.29, 1.82) is 0 Å². The van der Waals surface area contributed by atoms with E-state index in [1.165, 1.54) is 12.0 Å². The van der Waals surface area contributed by atoms with Gasteiger partial charge in [-0.15, -0.1) is 0 Å². The number of nitrogens with one attached hydrogen (secondary N) is 1. The van der Waals surface area contributed by atoms with Crippen LogP contribution in [0.2, 0.25) is 0 Å². The van der Waals surface area contributed by atoms with E-state index < -0.39 is 0 Å². The van der Waals surface area contributed by atoms with E-state index in [0.29, 0.717) is 25.2 Å². The van der Waals surface area contributed by atoms with E-state index >= 15 is 0 Å². The second-order valence-electron chi connectivity index (χ2n) is 5.16. The molecule has 108 valence electrons. The smallest absolute Gasteiger partial charge is 0.142 e. The lowest BCUT2D eigenvalue weighted by Crippen LogP contribution is -2.23. The number of hydrogen-bond donors (Lipinski definition) is 1. The van der Waals surface area contributed by atoms with Crippen LogP contribution in [0.1, 0.15) is 32.8 Å². The van der Waals surface area contributed by atoms with Gasteiger partial charge in [0, 0.05) is 13.2 Å². The van der Waals surface area contributed by atoms with E-state index in [-0.39, 0.29) is 0 Å². The number of benzene rings is 1. The highest BCUT2D eigenvalue weighted by Gasteiger charge is 2.12. The fourth-order valence-electron chi connectivity index (χ4n) is 1.84. The van der Waals surface area contributed by atoms with Crippen molar-refractivity contribution in [3.8, 4) is 5.75 Å². The zero-order valence-corrected chi connectivity index (χ0v) is 12.8. The number of hydrogen-bond acceptors (Lipinski definition) is 3. The number of anilines is 1. The Hall–Kier alpha value is -1.22. The van der Waals surface area contributed by atoms with Crippen LogP contribution in [-0.2, 0) is 4.74 Å². The monoisotopic (exact) mass is 265 g/mol. The Labute approximate surface area is 117 Å². The van der Waals surface area contributed by atoms with Gasteiger partial charge in [-0.1, -0.05) is 26.3 Å². The van der Waals surface area contributed by atoms with Crippen LogP contribution < -0.4 is 10.1 Å². The molecule has 0 aliphatic rings. The third-order valence-corrected chi connectivity index (χ3v) is 3.56. The molecule has 1 rings (SSSR count). The lowest BCUT2D eigenvalue weighted by molar-refractivity contribution is 0.146. The van der Waals surface area contributed by atoms with E-state index in [0.717, 1.165) is 11.4 Å². The quantitative estimate of drug-likeness (QED) is 0.724. The fraction of sp³-hybridized carbons (Fsp3) is 0.625. The van der Waals surface area contributed by atoms with E-state index in [1.807, 2.05) is 0 Å². The van der Waals surface area contributed by atoms with Gasteiger partial charge in [-0.2, -0.15) is 0 Å². The van der Waals surface area contributed by atoms with Gasteiger partial charge in [0.05, 0.1) is 12.3 Å². The van der Waals surface area contributed by atoms with Gasteiger partial charge >= 0.3 is 0 Å². The van der Waals surface area contributed by atoms with Crippen LogP contribution in [-0.4, -0.2) is 26.4 Å². The fourth-order valence-corrected chi connectivity index (χ4v) is 1.84. The van der Waals surface area contributed by atoms with Gasteiger partial charge in [-0.3, -0.25) is 0 Å². The normalized spacial score (nSPS) is 13.9. The maximum atomic E-state index is 5.79. The molecule has 0 spiro atoms. The minimum absolute atomic E-state index is 0.428. The van der Waals surface area contributed by atoms with Gasteiger partial charge in [-0.25, -0.2) is 0 Å². The molecule has 0 aliphatic carbocycles. The minimum Gasteiger partial charge on any atom is -0.489 e. The highest BCUT2D eigenvalue weighted by Crippen LogP contribution is 2.27. The summed E-state index contributed by atoms with van der Waals surface area (Å²) in [7, 11) is 1.68. The molecule has 0 amide bonds. The van der Waals surface area contributed by atoms with Crippen LogP contribution in [0, 0.1) is 12.8 Å². The molecule has 0 saturated carbocycles. The van der Waals surface area contributed by atoms with Crippen LogP contribution in [0.15, 0.2) is 18.2 Å². The average molecular weight is 265 g/mol. The second kappa shape index (κ2) is 8.05. The summed E-state index contributed by atoms with van der Waals surface area (Å²) in [4.78, 5) is 0. The molecule has 0 bridgehead atoms. The molecule has 0 radical (unpaired) electrons. The topological polar surface area (TPSA) is 30.5 Å². The Balaban J connectivity index is 2.75. The van der Waals surface area contributed by atoms with Crippen molar-refractivity contribution in [3.63, 3.8) is 0 Å².